The molecule has 2 rings (SSSR count). The monoisotopic (exact) mass is 404 g/mol. The van der Waals surface area contributed by atoms with E-state index in [4.69, 9.17) is 24.7 Å². The molecule has 2 aromatic rings. The molecule has 0 aliphatic heterocycles. The van der Waals surface area contributed by atoms with Gasteiger partial charge in [0.05, 0.1) is 16.8 Å². The highest BCUT2D eigenvalue weighted by Gasteiger charge is 2.30. The van der Waals surface area contributed by atoms with Gasteiger partial charge in [-0.3, -0.25) is 5.43 Å². The Labute approximate surface area is 164 Å². The summed E-state index contributed by atoms with van der Waals surface area (Å²) in [4.78, 5) is 0. The minimum Gasteiger partial charge on any atom is -0.457 e. The molecule has 0 radical (unpaired) electrons. The molecule has 0 unspecified atom stereocenters. The van der Waals surface area contributed by atoms with Crippen LogP contribution >= 0.6 is 0 Å². The summed E-state index contributed by atoms with van der Waals surface area (Å²) in [5.41, 5.74) is 2.03. The van der Waals surface area contributed by atoms with Crippen LogP contribution in [0.1, 0.15) is 17.4 Å². The van der Waals surface area contributed by atoms with Crippen molar-refractivity contribution < 1.29 is 27.4 Å². The highest BCUT2D eigenvalue weighted by Crippen LogP contribution is 2.36. The number of anilines is 1. The van der Waals surface area contributed by atoms with E-state index in [0.717, 1.165) is 12.1 Å². The first-order valence-corrected chi connectivity index (χ1v) is 8.01. The Morgan fingerprint density at radius 2 is 1.76 bits per heavy atom. The van der Waals surface area contributed by atoms with Gasteiger partial charge in [-0.2, -0.15) is 28.8 Å². The summed E-state index contributed by atoms with van der Waals surface area (Å²) in [5, 5.41) is 21.1. The van der Waals surface area contributed by atoms with Gasteiger partial charge in [-0.15, -0.1) is 0 Å². The lowest BCUT2D eigenvalue weighted by Gasteiger charge is -2.19. The fourth-order valence-electron chi connectivity index (χ4n) is 2.30. The highest BCUT2D eigenvalue weighted by molar-refractivity contribution is 6.10. The van der Waals surface area contributed by atoms with Crippen LogP contribution in [0.3, 0.4) is 0 Å². The van der Waals surface area contributed by atoms with Gasteiger partial charge >= 0.3 is 6.18 Å². The summed E-state index contributed by atoms with van der Waals surface area (Å²) in [7, 11) is 2.76. The van der Waals surface area contributed by atoms with Gasteiger partial charge in [-0.1, -0.05) is 6.07 Å². The summed E-state index contributed by atoms with van der Waals surface area (Å²) < 4.78 is 54.8. The molecule has 0 atom stereocenters. The summed E-state index contributed by atoms with van der Waals surface area (Å²) in [6.45, 7) is 0. The number of alkyl halides is 3. The van der Waals surface area contributed by atoms with E-state index in [0.29, 0.717) is 11.3 Å². The number of hydrogen-bond donors (Lipinski definition) is 1. The van der Waals surface area contributed by atoms with Gasteiger partial charge in [-0.25, -0.2) is 0 Å². The van der Waals surface area contributed by atoms with Crippen molar-refractivity contribution in [2.24, 2.45) is 5.10 Å². The van der Waals surface area contributed by atoms with Crippen molar-refractivity contribution in [1.82, 2.24) is 0 Å². The maximum atomic E-state index is 12.9. The van der Waals surface area contributed by atoms with Crippen molar-refractivity contribution >= 4 is 11.4 Å². The van der Waals surface area contributed by atoms with E-state index in [2.05, 4.69) is 10.5 Å². The Kier molecular flexibility index (Phi) is 7.15. The van der Waals surface area contributed by atoms with Crippen molar-refractivity contribution in [3.05, 3.63) is 53.6 Å². The van der Waals surface area contributed by atoms with E-state index in [9.17, 15) is 13.2 Å². The summed E-state index contributed by atoms with van der Waals surface area (Å²) in [5.74, 6) is 0.162. The van der Waals surface area contributed by atoms with Gasteiger partial charge in [0.1, 0.15) is 23.6 Å². The minimum absolute atomic E-state index is 0.0259. The van der Waals surface area contributed by atoms with Crippen LogP contribution in [0.15, 0.2) is 47.6 Å². The van der Waals surface area contributed by atoms with E-state index in [1.807, 2.05) is 0 Å². The standard InChI is InChI=1S/C19H15F3N4O3/c1-27-18(28-2)16-9-13(25-26-14(10-23)11-24)6-7-17(16)29-15-5-3-4-12(8-15)19(20,21)22/h3-9,18,25H,1-2H3. The molecule has 0 aromatic heterocycles. The fourth-order valence-corrected chi connectivity index (χ4v) is 2.30. The molecule has 150 valence electrons. The van der Waals surface area contributed by atoms with Crippen LogP contribution in [0.4, 0.5) is 18.9 Å². The quantitative estimate of drug-likeness (QED) is 0.411. The molecule has 7 nitrogen and oxygen atoms in total. The Morgan fingerprint density at radius 3 is 2.34 bits per heavy atom. The van der Waals surface area contributed by atoms with Crippen LogP contribution < -0.4 is 10.2 Å². The number of benzene rings is 2. The lowest BCUT2D eigenvalue weighted by atomic mass is 10.1. The maximum absolute atomic E-state index is 12.9. The van der Waals surface area contributed by atoms with E-state index in [1.165, 1.54) is 44.6 Å². The zero-order chi connectivity index (χ0) is 21.4. The van der Waals surface area contributed by atoms with Crippen molar-refractivity contribution in [2.75, 3.05) is 19.6 Å². The fraction of sp³-hybridized carbons (Fsp3) is 0.211. The first-order valence-electron chi connectivity index (χ1n) is 8.01. The first kappa shape index (κ1) is 21.7. The molecular formula is C19H15F3N4O3. The molecule has 0 saturated heterocycles. The number of ether oxygens (including phenoxy) is 3. The Hall–Kier alpha value is -3.60. The molecular weight excluding hydrogens is 389 g/mol. The predicted molar refractivity (Wildman–Crippen MR) is 97.0 cm³/mol. The lowest BCUT2D eigenvalue weighted by Crippen LogP contribution is -2.07. The minimum atomic E-state index is -4.51. The Bertz CT molecular complexity index is 958. The molecule has 10 heteroatoms. The Morgan fingerprint density at radius 1 is 1.07 bits per heavy atom. The van der Waals surface area contributed by atoms with Crippen molar-refractivity contribution in [3.8, 4) is 23.6 Å². The zero-order valence-corrected chi connectivity index (χ0v) is 15.3. The molecule has 0 spiro atoms. The van der Waals surface area contributed by atoms with Gasteiger partial charge in [0, 0.05) is 14.2 Å². The molecule has 0 amide bonds. The molecule has 0 fully saturated rings. The summed E-state index contributed by atoms with van der Waals surface area (Å²) in [6.07, 6.45) is -5.40. The maximum Gasteiger partial charge on any atom is 0.416 e. The van der Waals surface area contributed by atoms with Crippen LogP contribution in [-0.4, -0.2) is 19.9 Å². The van der Waals surface area contributed by atoms with Gasteiger partial charge in [0.25, 0.3) is 0 Å². The van der Waals surface area contributed by atoms with Crippen LogP contribution in [-0.2, 0) is 15.7 Å². The average Bonchev–Trinajstić information content (AvgIpc) is 2.71. The zero-order valence-electron chi connectivity index (χ0n) is 15.3. The normalized spacial score (nSPS) is 10.8. The lowest BCUT2D eigenvalue weighted by molar-refractivity contribution is -0.137. The molecule has 2 aromatic carbocycles. The molecule has 1 N–H and O–H groups in total. The largest absolute Gasteiger partial charge is 0.457 e. The molecule has 0 aliphatic carbocycles. The molecule has 0 aliphatic rings. The molecule has 0 saturated carbocycles. The van der Waals surface area contributed by atoms with E-state index >= 15 is 0 Å². The number of nitrogens with zero attached hydrogens (tertiary/aromatic N) is 3. The van der Waals surface area contributed by atoms with E-state index < -0.39 is 18.0 Å². The topological polar surface area (TPSA) is 99.7 Å². The average molecular weight is 404 g/mol. The second-order valence-corrected chi connectivity index (χ2v) is 5.48. The molecule has 0 bridgehead atoms. The van der Waals surface area contributed by atoms with Gasteiger partial charge < -0.3 is 14.2 Å². The first-order chi connectivity index (χ1) is 13.8. The highest BCUT2D eigenvalue weighted by atomic mass is 19.4. The van der Waals surface area contributed by atoms with Gasteiger partial charge in [0.15, 0.2) is 6.29 Å². The van der Waals surface area contributed by atoms with E-state index in [-0.39, 0.29) is 17.2 Å². The number of nitrogens with one attached hydrogen (secondary N) is 1. The molecule has 0 heterocycles. The van der Waals surface area contributed by atoms with Crippen molar-refractivity contribution in [2.45, 2.75) is 12.5 Å². The van der Waals surface area contributed by atoms with Crippen LogP contribution in [0.5, 0.6) is 11.5 Å². The predicted octanol–water partition coefficient (Wildman–Crippen LogP) is 4.60. The number of methoxy groups -OCH3 is 2. The number of hydrogen-bond acceptors (Lipinski definition) is 7. The number of nitriles is 2. The Balaban J connectivity index is 2.40. The van der Waals surface area contributed by atoms with Crippen LogP contribution in [0, 0.1) is 22.7 Å². The third-order valence-corrected chi connectivity index (χ3v) is 3.59. The third kappa shape index (κ3) is 5.69. The third-order valence-electron chi connectivity index (χ3n) is 3.59. The smallest absolute Gasteiger partial charge is 0.416 e. The van der Waals surface area contributed by atoms with Crippen molar-refractivity contribution in [3.63, 3.8) is 0 Å². The second kappa shape index (κ2) is 9.55. The second-order valence-electron chi connectivity index (χ2n) is 5.48. The SMILES string of the molecule is COC(OC)c1cc(NN=C(C#N)C#N)ccc1Oc1cccc(C(F)(F)F)c1. The van der Waals surface area contributed by atoms with Crippen LogP contribution in [0.2, 0.25) is 0 Å². The molecule has 29 heavy (non-hydrogen) atoms. The number of rotatable bonds is 7. The summed E-state index contributed by atoms with van der Waals surface area (Å²) in [6, 6.07) is 12.1. The van der Waals surface area contributed by atoms with Crippen LogP contribution in [0.25, 0.3) is 0 Å². The van der Waals surface area contributed by atoms with E-state index in [1.54, 1.807) is 12.1 Å². The summed E-state index contributed by atoms with van der Waals surface area (Å²) >= 11 is 0. The number of halogens is 3. The number of hydrazone groups is 1. The van der Waals surface area contributed by atoms with Crippen molar-refractivity contribution in [1.29, 1.82) is 10.5 Å². The van der Waals surface area contributed by atoms with Gasteiger partial charge in [0.2, 0.25) is 5.71 Å². The van der Waals surface area contributed by atoms with Gasteiger partial charge in [-0.05, 0) is 36.4 Å².